The molecule has 0 aromatic carbocycles. The molecule has 3 unspecified atom stereocenters. The summed E-state index contributed by atoms with van der Waals surface area (Å²) in [5, 5.41) is 13.7. The number of phosphoric ester groups is 1. The maximum absolute atomic E-state index is 12.8. The molecule has 0 saturated heterocycles. The van der Waals surface area contributed by atoms with Gasteiger partial charge in [-0.15, -0.1) is 0 Å². The summed E-state index contributed by atoms with van der Waals surface area (Å²) < 4.78 is 23.2. The summed E-state index contributed by atoms with van der Waals surface area (Å²) in [6.45, 7) is 4.47. The van der Waals surface area contributed by atoms with Gasteiger partial charge < -0.3 is 28.8 Å². The van der Waals surface area contributed by atoms with Gasteiger partial charge in [0.05, 0.1) is 39.9 Å². The number of likely N-dealkylation sites (N-methyl/N-ethyl adjacent to an activating group) is 1. The number of aliphatic hydroxyl groups excluding tert-OH is 1. The fourth-order valence-electron chi connectivity index (χ4n) is 6.55. The quantitative estimate of drug-likeness (QED) is 0.0274. The van der Waals surface area contributed by atoms with Gasteiger partial charge in [-0.25, -0.2) is 0 Å². The molecular weight excluding hydrogens is 768 g/mol. The van der Waals surface area contributed by atoms with E-state index in [1.807, 2.05) is 27.2 Å². The van der Waals surface area contributed by atoms with Gasteiger partial charge in [-0.05, 0) is 77.0 Å². The topological polar surface area (TPSA) is 108 Å². The van der Waals surface area contributed by atoms with E-state index in [0.717, 1.165) is 64.2 Å². The minimum absolute atomic E-state index is 0.0182. The molecule has 0 aliphatic rings. The van der Waals surface area contributed by atoms with Crippen LogP contribution in [0.4, 0.5) is 0 Å². The van der Waals surface area contributed by atoms with Gasteiger partial charge in [0.1, 0.15) is 13.2 Å². The third-order valence-corrected chi connectivity index (χ3v) is 11.3. The molecule has 0 aromatic heterocycles. The second-order valence-corrected chi connectivity index (χ2v) is 18.8. The van der Waals surface area contributed by atoms with Crippen LogP contribution in [-0.2, 0) is 18.4 Å². The Balaban J connectivity index is 4.40. The van der Waals surface area contributed by atoms with E-state index in [4.69, 9.17) is 9.05 Å². The average Bonchev–Trinajstić information content (AvgIpc) is 3.20. The van der Waals surface area contributed by atoms with Crippen LogP contribution in [0.5, 0.6) is 0 Å². The molecule has 3 atom stereocenters. The number of quaternary nitrogens is 1. The van der Waals surface area contributed by atoms with Gasteiger partial charge in [-0.1, -0.05) is 183 Å². The van der Waals surface area contributed by atoms with Crippen LogP contribution in [0, 0.1) is 0 Å². The standard InChI is InChI=1S/C51H93N2O6P/c1-6-8-10-12-14-16-18-20-21-22-23-24-25-26-27-28-29-30-31-33-34-36-38-40-42-44-50(54)49(48-59-60(56,57)58-47-46-53(3,4)5)52-51(55)45-43-41-39-37-35-32-19-17-15-13-11-9-7-2/h9,11,15,17,29-30,32,34-36,42,44,49-50,54H,6-8,10,12-14,16,18-28,31,33,37-41,43,45-48H2,1-5H3,(H-,52,55,56,57)/b11-9-,17-15-,30-29+,35-32-,36-34+,44-42+. The van der Waals surface area contributed by atoms with Crippen molar-refractivity contribution in [2.75, 3.05) is 40.9 Å². The molecule has 9 heteroatoms. The molecule has 8 nitrogen and oxygen atoms in total. The number of aliphatic hydroxyl groups is 1. The first kappa shape index (κ1) is 57.9. The van der Waals surface area contributed by atoms with E-state index in [-0.39, 0.29) is 12.5 Å². The van der Waals surface area contributed by atoms with Gasteiger partial charge in [0.25, 0.3) is 7.82 Å². The lowest BCUT2D eigenvalue weighted by Gasteiger charge is -2.29. The summed E-state index contributed by atoms with van der Waals surface area (Å²) in [6.07, 6.45) is 56.9. The van der Waals surface area contributed by atoms with E-state index in [9.17, 15) is 19.4 Å². The van der Waals surface area contributed by atoms with Gasteiger partial charge in [0.15, 0.2) is 0 Å². The van der Waals surface area contributed by atoms with Crippen LogP contribution >= 0.6 is 7.82 Å². The number of hydrogen-bond donors (Lipinski definition) is 2. The van der Waals surface area contributed by atoms with Gasteiger partial charge in [-0.3, -0.25) is 9.36 Å². The fraction of sp³-hybridized carbons (Fsp3) is 0.745. The van der Waals surface area contributed by atoms with E-state index in [0.29, 0.717) is 23.9 Å². The molecule has 0 fully saturated rings. The number of nitrogens with one attached hydrogen (secondary N) is 1. The Morgan fingerprint density at radius 3 is 1.55 bits per heavy atom. The minimum Gasteiger partial charge on any atom is -0.756 e. The molecule has 348 valence electrons. The SMILES string of the molecule is CC/C=C\C/C=C\C/C=C\CCCCCC(=O)NC(COP(=O)([O-])OCC[N+](C)(C)C)C(O)/C=C/CC/C=C/CC/C=C/CCCCCCCCCCCCCCCCC. The molecule has 0 aliphatic heterocycles. The number of unbranched alkanes of at least 4 members (excludes halogenated alkanes) is 20. The Hall–Kier alpha value is -2.06. The van der Waals surface area contributed by atoms with E-state index in [1.165, 1.54) is 103 Å². The first-order valence-corrected chi connectivity index (χ1v) is 25.8. The van der Waals surface area contributed by atoms with Crippen LogP contribution in [0.15, 0.2) is 72.9 Å². The first-order valence-electron chi connectivity index (χ1n) is 24.3. The maximum atomic E-state index is 12.8. The van der Waals surface area contributed by atoms with Crippen LogP contribution in [0.3, 0.4) is 0 Å². The van der Waals surface area contributed by atoms with Crippen molar-refractivity contribution in [2.45, 2.75) is 206 Å². The van der Waals surface area contributed by atoms with Crippen molar-refractivity contribution in [2.24, 2.45) is 0 Å². The highest BCUT2D eigenvalue weighted by Crippen LogP contribution is 2.38. The van der Waals surface area contributed by atoms with Crippen molar-refractivity contribution in [1.29, 1.82) is 0 Å². The fourth-order valence-corrected chi connectivity index (χ4v) is 7.27. The van der Waals surface area contributed by atoms with Gasteiger partial charge in [-0.2, -0.15) is 0 Å². The predicted octanol–water partition coefficient (Wildman–Crippen LogP) is 13.3. The first-order chi connectivity index (χ1) is 29.0. The Morgan fingerprint density at radius 2 is 1.03 bits per heavy atom. The molecule has 0 aliphatic carbocycles. The van der Waals surface area contributed by atoms with Crippen LogP contribution < -0.4 is 10.2 Å². The van der Waals surface area contributed by atoms with Crippen molar-refractivity contribution in [3.8, 4) is 0 Å². The number of phosphoric acid groups is 1. The summed E-state index contributed by atoms with van der Waals surface area (Å²) in [7, 11) is 1.20. The third-order valence-electron chi connectivity index (χ3n) is 10.4. The zero-order chi connectivity index (χ0) is 44.3. The van der Waals surface area contributed by atoms with Crippen LogP contribution in [0.1, 0.15) is 194 Å². The summed E-state index contributed by atoms with van der Waals surface area (Å²) in [5.74, 6) is -0.243. The lowest BCUT2D eigenvalue weighted by molar-refractivity contribution is -0.870. The van der Waals surface area contributed by atoms with Crippen molar-refractivity contribution in [3.63, 3.8) is 0 Å². The Kier molecular flexibility index (Phi) is 40.8. The molecule has 0 heterocycles. The number of hydrogen-bond acceptors (Lipinski definition) is 6. The molecule has 0 spiro atoms. The molecule has 0 aromatic rings. The Bertz CT molecular complexity index is 1200. The van der Waals surface area contributed by atoms with Crippen molar-refractivity contribution < 1.29 is 32.9 Å². The molecule has 0 radical (unpaired) electrons. The van der Waals surface area contributed by atoms with Crippen molar-refractivity contribution in [1.82, 2.24) is 5.32 Å². The van der Waals surface area contributed by atoms with Gasteiger partial charge in [0, 0.05) is 6.42 Å². The number of amides is 1. The Labute approximate surface area is 370 Å². The number of nitrogens with zero attached hydrogens (tertiary/aromatic N) is 1. The van der Waals surface area contributed by atoms with E-state index in [2.05, 4.69) is 79.9 Å². The number of rotatable bonds is 43. The highest BCUT2D eigenvalue weighted by Gasteiger charge is 2.23. The summed E-state index contributed by atoms with van der Waals surface area (Å²) >= 11 is 0. The van der Waals surface area contributed by atoms with Crippen LogP contribution in [0.2, 0.25) is 0 Å². The highest BCUT2D eigenvalue weighted by molar-refractivity contribution is 7.45. The zero-order valence-electron chi connectivity index (χ0n) is 39.4. The third kappa shape index (κ3) is 44.0. The molecule has 0 rings (SSSR count). The smallest absolute Gasteiger partial charge is 0.268 e. The number of carbonyl (C=O) groups excluding carboxylic acids is 1. The van der Waals surface area contributed by atoms with E-state index < -0.39 is 26.6 Å². The molecule has 2 N–H and O–H groups in total. The minimum atomic E-state index is -4.61. The van der Waals surface area contributed by atoms with Crippen LogP contribution in [-0.4, -0.2) is 68.5 Å². The lowest BCUT2D eigenvalue weighted by atomic mass is 10.0. The van der Waals surface area contributed by atoms with Gasteiger partial charge in [0.2, 0.25) is 5.91 Å². The normalized spacial score (nSPS) is 14.8. The average molecular weight is 861 g/mol. The van der Waals surface area contributed by atoms with Crippen molar-refractivity contribution in [3.05, 3.63) is 72.9 Å². The number of allylic oxidation sites excluding steroid dienone is 11. The second kappa shape index (κ2) is 42.3. The predicted molar refractivity (Wildman–Crippen MR) is 256 cm³/mol. The van der Waals surface area contributed by atoms with Crippen molar-refractivity contribution >= 4 is 13.7 Å². The van der Waals surface area contributed by atoms with Gasteiger partial charge >= 0.3 is 0 Å². The molecule has 0 saturated carbocycles. The number of carbonyl (C=O) groups is 1. The Morgan fingerprint density at radius 1 is 0.600 bits per heavy atom. The maximum Gasteiger partial charge on any atom is 0.268 e. The second-order valence-electron chi connectivity index (χ2n) is 17.4. The van der Waals surface area contributed by atoms with E-state index in [1.54, 1.807) is 6.08 Å². The largest absolute Gasteiger partial charge is 0.756 e. The highest BCUT2D eigenvalue weighted by atomic mass is 31.2. The molecule has 60 heavy (non-hydrogen) atoms. The summed E-state index contributed by atoms with van der Waals surface area (Å²) in [6, 6.07) is -0.928. The molecule has 1 amide bonds. The molecular formula is C51H93N2O6P. The monoisotopic (exact) mass is 861 g/mol. The zero-order valence-corrected chi connectivity index (χ0v) is 40.3. The lowest BCUT2D eigenvalue weighted by Crippen LogP contribution is -2.45. The summed E-state index contributed by atoms with van der Waals surface area (Å²) in [5.41, 5.74) is 0. The summed E-state index contributed by atoms with van der Waals surface area (Å²) in [4.78, 5) is 25.3. The van der Waals surface area contributed by atoms with Crippen LogP contribution in [0.25, 0.3) is 0 Å². The van der Waals surface area contributed by atoms with E-state index >= 15 is 0 Å². The molecule has 0 bridgehead atoms.